The van der Waals surface area contributed by atoms with Crippen LogP contribution in [-0.4, -0.2) is 45.2 Å². The van der Waals surface area contributed by atoms with E-state index in [1.54, 1.807) is 53.4 Å². The number of rotatable bonds is 3. The van der Waals surface area contributed by atoms with Crippen LogP contribution in [0.25, 0.3) is 0 Å². The molecule has 1 saturated heterocycles. The van der Waals surface area contributed by atoms with E-state index >= 15 is 0 Å². The third kappa shape index (κ3) is 3.86. The van der Waals surface area contributed by atoms with Crippen LogP contribution in [0.15, 0.2) is 48.5 Å². The zero-order valence-corrected chi connectivity index (χ0v) is 16.0. The van der Waals surface area contributed by atoms with Crippen molar-refractivity contribution < 1.29 is 17.9 Å². The number of hydrogen-bond acceptors (Lipinski definition) is 4. The quantitative estimate of drug-likeness (QED) is 0.802. The Morgan fingerprint density at radius 1 is 1.15 bits per heavy atom. The van der Waals surface area contributed by atoms with E-state index in [1.807, 2.05) is 0 Å². The van der Waals surface area contributed by atoms with E-state index in [0.29, 0.717) is 34.9 Å². The molecule has 1 aliphatic heterocycles. The summed E-state index contributed by atoms with van der Waals surface area (Å²) in [4.78, 5) is 14.4. The zero-order chi connectivity index (χ0) is 18.7. The molecule has 1 fully saturated rings. The van der Waals surface area contributed by atoms with Gasteiger partial charge in [0.2, 0.25) is 0 Å². The van der Waals surface area contributed by atoms with Gasteiger partial charge in [0.25, 0.3) is 5.91 Å². The first-order valence-corrected chi connectivity index (χ1v) is 10.4. The molecule has 1 atom stereocenters. The highest BCUT2D eigenvalue weighted by molar-refractivity contribution is 7.91. The molecule has 2 aromatic carbocycles. The lowest BCUT2D eigenvalue weighted by Crippen LogP contribution is -2.33. The van der Waals surface area contributed by atoms with Gasteiger partial charge in [-0.3, -0.25) is 4.79 Å². The van der Waals surface area contributed by atoms with E-state index in [2.05, 4.69) is 0 Å². The molecular weight excluding hydrogens is 374 g/mol. The lowest BCUT2D eigenvalue weighted by molar-refractivity contribution is 0.0766. The molecule has 26 heavy (non-hydrogen) atoms. The molecule has 2 aromatic rings. The third-order valence-corrected chi connectivity index (χ3v) is 7.05. The summed E-state index contributed by atoms with van der Waals surface area (Å²) in [5, 5.41) is -0.257. The fourth-order valence-corrected chi connectivity index (χ4v) is 5.32. The topological polar surface area (TPSA) is 63.7 Å². The summed E-state index contributed by atoms with van der Waals surface area (Å²) in [6.45, 7) is 0.518. The summed E-state index contributed by atoms with van der Waals surface area (Å²) in [6, 6.07) is 13.8. The molecule has 1 aliphatic rings. The van der Waals surface area contributed by atoms with Gasteiger partial charge >= 0.3 is 0 Å². The zero-order valence-electron chi connectivity index (χ0n) is 14.4. The fraction of sp³-hybridized carbons (Fsp3) is 0.316. The molecule has 0 radical (unpaired) electrons. The molecule has 0 aliphatic carbocycles. The number of benzene rings is 2. The standard InChI is InChI=1S/C19H20ClNO4S/c1-25-15-6-4-5-14(13-15)19(22)21-10-9-18(26(23,24)12-11-21)16-7-2-3-8-17(16)20/h2-8,13,18H,9-12H2,1H3/t18-/m1/s1. The Labute approximate surface area is 158 Å². The van der Waals surface area contributed by atoms with E-state index in [-0.39, 0.29) is 18.2 Å². The first-order chi connectivity index (χ1) is 12.4. The highest BCUT2D eigenvalue weighted by Gasteiger charge is 2.33. The van der Waals surface area contributed by atoms with Crippen molar-refractivity contribution in [3.05, 3.63) is 64.7 Å². The predicted octanol–water partition coefficient (Wildman–Crippen LogP) is 3.35. The summed E-state index contributed by atoms with van der Waals surface area (Å²) < 4.78 is 30.6. The minimum Gasteiger partial charge on any atom is -0.497 e. The average molecular weight is 394 g/mol. The molecule has 5 nitrogen and oxygen atoms in total. The van der Waals surface area contributed by atoms with Crippen molar-refractivity contribution in [2.24, 2.45) is 0 Å². The van der Waals surface area contributed by atoms with E-state index in [4.69, 9.17) is 16.3 Å². The molecule has 0 spiro atoms. The van der Waals surface area contributed by atoms with Crippen molar-refractivity contribution in [2.45, 2.75) is 11.7 Å². The Kier molecular flexibility index (Phi) is 5.53. The monoisotopic (exact) mass is 393 g/mol. The van der Waals surface area contributed by atoms with Crippen molar-refractivity contribution in [1.29, 1.82) is 0 Å². The normalized spacial score (nSPS) is 19.6. The Balaban J connectivity index is 1.84. The molecule has 0 saturated carbocycles. The molecule has 3 rings (SSSR count). The summed E-state index contributed by atoms with van der Waals surface area (Å²) in [7, 11) is -1.86. The second-order valence-corrected chi connectivity index (χ2v) is 8.90. The van der Waals surface area contributed by atoms with Crippen LogP contribution in [0.2, 0.25) is 5.02 Å². The summed E-state index contributed by atoms with van der Waals surface area (Å²) in [6.07, 6.45) is 0.321. The van der Waals surface area contributed by atoms with E-state index in [1.165, 1.54) is 7.11 Å². The van der Waals surface area contributed by atoms with Gasteiger partial charge < -0.3 is 9.64 Å². The summed E-state index contributed by atoms with van der Waals surface area (Å²) in [5.74, 6) is 0.310. The first kappa shape index (κ1) is 18.7. The van der Waals surface area contributed by atoms with Crippen molar-refractivity contribution in [2.75, 3.05) is 26.0 Å². The van der Waals surface area contributed by atoms with Crippen molar-refractivity contribution in [3.8, 4) is 5.75 Å². The fourth-order valence-electron chi connectivity index (χ4n) is 3.17. The Morgan fingerprint density at radius 2 is 1.92 bits per heavy atom. The largest absolute Gasteiger partial charge is 0.497 e. The van der Waals surface area contributed by atoms with Gasteiger partial charge in [-0.15, -0.1) is 0 Å². The van der Waals surface area contributed by atoms with Gasteiger partial charge in [-0.2, -0.15) is 0 Å². The van der Waals surface area contributed by atoms with Gasteiger partial charge in [-0.05, 0) is 36.2 Å². The molecule has 0 bridgehead atoms. The summed E-state index contributed by atoms with van der Waals surface area (Å²) >= 11 is 6.21. The number of halogens is 1. The van der Waals surface area contributed by atoms with Gasteiger partial charge in [-0.25, -0.2) is 8.42 Å². The average Bonchev–Trinajstić information content (AvgIpc) is 2.80. The molecular formula is C19H20ClNO4S. The van der Waals surface area contributed by atoms with Crippen molar-refractivity contribution >= 4 is 27.3 Å². The van der Waals surface area contributed by atoms with E-state index in [0.717, 1.165) is 0 Å². The number of carbonyl (C=O) groups excluding carboxylic acids is 1. The lowest BCUT2D eigenvalue weighted by Gasteiger charge is -2.20. The predicted molar refractivity (Wildman–Crippen MR) is 101 cm³/mol. The molecule has 7 heteroatoms. The van der Waals surface area contributed by atoms with Gasteiger partial charge in [0, 0.05) is 23.7 Å². The highest BCUT2D eigenvalue weighted by Crippen LogP contribution is 2.34. The molecule has 0 unspecified atom stereocenters. The van der Waals surface area contributed by atoms with E-state index < -0.39 is 15.1 Å². The Bertz CT molecular complexity index is 913. The number of sulfone groups is 1. The van der Waals surface area contributed by atoms with Gasteiger partial charge in [0.15, 0.2) is 9.84 Å². The van der Waals surface area contributed by atoms with Gasteiger partial charge in [0.05, 0.1) is 18.1 Å². The van der Waals surface area contributed by atoms with Crippen LogP contribution >= 0.6 is 11.6 Å². The van der Waals surface area contributed by atoms with Gasteiger partial charge in [0.1, 0.15) is 5.75 Å². The van der Waals surface area contributed by atoms with Crippen LogP contribution in [0.4, 0.5) is 0 Å². The second kappa shape index (κ2) is 7.68. The lowest BCUT2D eigenvalue weighted by atomic mass is 10.1. The first-order valence-electron chi connectivity index (χ1n) is 8.31. The Morgan fingerprint density at radius 3 is 2.65 bits per heavy atom. The van der Waals surface area contributed by atoms with Crippen molar-refractivity contribution in [3.63, 3.8) is 0 Å². The van der Waals surface area contributed by atoms with Gasteiger partial charge in [-0.1, -0.05) is 35.9 Å². The van der Waals surface area contributed by atoms with Crippen molar-refractivity contribution in [1.82, 2.24) is 4.90 Å². The SMILES string of the molecule is COc1cccc(C(=O)N2CC[C@H](c3ccccc3Cl)S(=O)(=O)CC2)c1. The highest BCUT2D eigenvalue weighted by atomic mass is 35.5. The molecule has 0 N–H and O–H groups in total. The van der Waals surface area contributed by atoms with Crippen LogP contribution in [0.5, 0.6) is 5.75 Å². The van der Waals surface area contributed by atoms with E-state index in [9.17, 15) is 13.2 Å². The third-order valence-electron chi connectivity index (χ3n) is 4.60. The number of hydrogen-bond donors (Lipinski definition) is 0. The smallest absolute Gasteiger partial charge is 0.254 e. The molecule has 1 heterocycles. The maximum atomic E-state index is 12.8. The molecule has 1 amide bonds. The number of amides is 1. The van der Waals surface area contributed by atoms with Crippen LogP contribution in [-0.2, 0) is 9.84 Å². The van der Waals surface area contributed by atoms with Crippen LogP contribution in [0.3, 0.4) is 0 Å². The number of nitrogens with zero attached hydrogens (tertiary/aromatic N) is 1. The minimum atomic E-state index is -3.40. The second-order valence-electron chi connectivity index (χ2n) is 6.19. The number of carbonyl (C=O) groups is 1. The van der Waals surface area contributed by atoms with Crippen LogP contribution in [0, 0.1) is 0 Å². The Hall–Kier alpha value is -2.05. The maximum Gasteiger partial charge on any atom is 0.254 e. The molecule has 138 valence electrons. The maximum absolute atomic E-state index is 12.8. The number of ether oxygens (including phenoxy) is 1. The minimum absolute atomic E-state index is 0.0847. The van der Waals surface area contributed by atoms with Crippen LogP contribution < -0.4 is 4.74 Å². The van der Waals surface area contributed by atoms with Crippen LogP contribution in [0.1, 0.15) is 27.6 Å². The summed E-state index contributed by atoms with van der Waals surface area (Å²) in [5.41, 5.74) is 1.09. The number of methoxy groups -OCH3 is 1. The molecule has 0 aromatic heterocycles.